The molecule has 2 N–H and O–H groups in total. The maximum atomic E-state index is 12.3. The van der Waals surface area contributed by atoms with Crippen LogP contribution in [0.5, 0.6) is 11.5 Å². The molecule has 0 aliphatic rings. The second-order valence-electron chi connectivity index (χ2n) is 6.92. The van der Waals surface area contributed by atoms with Crippen molar-refractivity contribution >= 4 is 15.9 Å². The van der Waals surface area contributed by atoms with Gasteiger partial charge in [0.25, 0.3) is 15.9 Å². The van der Waals surface area contributed by atoms with E-state index in [0.29, 0.717) is 0 Å². The summed E-state index contributed by atoms with van der Waals surface area (Å²) >= 11 is 0. The molecule has 0 saturated carbocycles. The Morgan fingerprint density at radius 1 is 1.10 bits per heavy atom. The van der Waals surface area contributed by atoms with Crippen LogP contribution in [0.25, 0.3) is 0 Å². The summed E-state index contributed by atoms with van der Waals surface area (Å²) < 4.78 is 66.6. The SMILES string of the molecule is CCC(C)(C)c1ccc(C(=O)NS(=O)(=O)c2ccc(OC(F)(F)F)cc2)c(O)c1. The number of alkyl halides is 3. The molecule has 0 unspecified atom stereocenters. The van der Waals surface area contributed by atoms with Gasteiger partial charge in [-0.15, -0.1) is 13.2 Å². The standard InChI is InChI=1S/C19H20F3NO5S/c1-4-18(2,3)12-5-10-15(16(24)11-12)17(25)23-29(26,27)14-8-6-13(7-9-14)28-19(20,21)22/h5-11,24H,4H2,1-3H3,(H,23,25). The predicted molar refractivity (Wildman–Crippen MR) is 99.2 cm³/mol. The number of sulfonamides is 1. The fourth-order valence-electron chi connectivity index (χ4n) is 2.41. The number of ether oxygens (including phenoxy) is 1. The van der Waals surface area contributed by atoms with E-state index < -0.39 is 32.9 Å². The normalized spacial score (nSPS) is 12.5. The van der Waals surface area contributed by atoms with E-state index in [4.69, 9.17) is 0 Å². The highest BCUT2D eigenvalue weighted by Crippen LogP contribution is 2.31. The zero-order chi connectivity index (χ0) is 22.0. The van der Waals surface area contributed by atoms with Crippen molar-refractivity contribution in [2.45, 2.75) is 43.9 Å². The quantitative estimate of drug-likeness (QED) is 0.719. The van der Waals surface area contributed by atoms with E-state index in [2.05, 4.69) is 4.74 Å². The molecular formula is C19H20F3NO5S. The van der Waals surface area contributed by atoms with Gasteiger partial charge in [-0.3, -0.25) is 4.79 Å². The largest absolute Gasteiger partial charge is 0.573 e. The summed E-state index contributed by atoms with van der Waals surface area (Å²) in [6.07, 6.45) is -4.13. The van der Waals surface area contributed by atoms with Crippen molar-refractivity contribution in [1.82, 2.24) is 4.72 Å². The molecule has 1 amide bonds. The molecule has 0 saturated heterocycles. The first-order valence-corrected chi connectivity index (χ1v) is 10.00. The summed E-state index contributed by atoms with van der Waals surface area (Å²) in [5.41, 5.74) is 0.275. The second kappa shape index (κ2) is 7.94. The average Bonchev–Trinajstić information content (AvgIpc) is 2.60. The molecule has 0 heterocycles. The molecule has 2 aromatic carbocycles. The van der Waals surface area contributed by atoms with Gasteiger partial charge in [0.1, 0.15) is 11.5 Å². The van der Waals surface area contributed by atoms with Crippen molar-refractivity contribution in [2.75, 3.05) is 0 Å². The summed E-state index contributed by atoms with van der Waals surface area (Å²) in [7, 11) is -4.38. The van der Waals surface area contributed by atoms with Gasteiger partial charge >= 0.3 is 6.36 Å². The molecule has 0 aliphatic carbocycles. The van der Waals surface area contributed by atoms with Crippen molar-refractivity contribution in [3.8, 4) is 11.5 Å². The van der Waals surface area contributed by atoms with E-state index in [1.165, 1.54) is 12.1 Å². The molecule has 10 heteroatoms. The molecule has 2 aromatic rings. The average molecular weight is 431 g/mol. The fraction of sp³-hybridized carbons (Fsp3) is 0.316. The maximum Gasteiger partial charge on any atom is 0.573 e. The molecule has 0 spiro atoms. The molecule has 0 atom stereocenters. The second-order valence-corrected chi connectivity index (χ2v) is 8.61. The van der Waals surface area contributed by atoms with E-state index in [-0.39, 0.29) is 16.7 Å². The van der Waals surface area contributed by atoms with E-state index in [1.54, 1.807) is 10.8 Å². The lowest BCUT2D eigenvalue weighted by Gasteiger charge is -2.23. The van der Waals surface area contributed by atoms with E-state index in [0.717, 1.165) is 36.2 Å². The van der Waals surface area contributed by atoms with Gasteiger partial charge in [0.15, 0.2) is 0 Å². The lowest BCUT2D eigenvalue weighted by Crippen LogP contribution is -2.30. The number of phenols is 1. The van der Waals surface area contributed by atoms with Crippen LogP contribution in [0.3, 0.4) is 0 Å². The van der Waals surface area contributed by atoms with E-state index in [1.807, 2.05) is 20.8 Å². The number of aromatic hydroxyl groups is 1. The number of nitrogens with one attached hydrogen (secondary N) is 1. The minimum Gasteiger partial charge on any atom is -0.507 e. The van der Waals surface area contributed by atoms with Crippen LogP contribution in [-0.4, -0.2) is 25.8 Å². The Kier molecular flexibility index (Phi) is 6.17. The Bertz CT molecular complexity index is 999. The Labute approximate surface area is 166 Å². The van der Waals surface area contributed by atoms with Crippen LogP contribution >= 0.6 is 0 Å². The van der Waals surface area contributed by atoms with Gasteiger partial charge in [0.05, 0.1) is 10.5 Å². The number of rotatable bonds is 6. The molecule has 2 rings (SSSR count). The summed E-state index contributed by atoms with van der Waals surface area (Å²) in [5, 5.41) is 10.2. The van der Waals surface area contributed by atoms with E-state index >= 15 is 0 Å². The molecule has 0 bridgehead atoms. The molecule has 0 aromatic heterocycles. The summed E-state index contributed by atoms with van der Waals surface area (Å²) in [6.45, 7) is 5.88. The van der Waals surface area contributed by atoms with Crippen molar-refractivity contribution < 1.29 is 36.2 Å². The number of carbonyl (C=O) groups excluding carboxylic acids is 1. The van der Waals surface area contributed by atoms with Crippen LogP contribution in [-0.2, 0) is 15.4 Å². The maximum absolute atomic E-state index is 12.3. The monoisotopic (exact) mass is 431 g/mol. The number of phenolic OH excluding ortho intramolecular Hbond substituents is 1. The highest BCUT2D eigenvalue weighted by atomic mass is 32.2. The zero-order valence-electron chi connectivity index (χ0n) is 15.9. The fourth-order valence-corrected chi connectivity index (χ4v) is 3.37. The Morgan fingerprint density at radius 2 is 1.69 bits per heavy atom. The lowest BCUT2D eigenvalue weighted by atomic mass is 9.82. The van der Waals surface area contributed by atoms with Crippen molar-refractivity contribution in [2.24, 2.45) is 0 Å². The minimum atomic E-state index is -4.91. The number of hydrogen-bond acceptors (Lipinski definition) is 5. The van der Waals surface area contributed by atoms with Gasteiger partial charge in [-0.1, -0.05) is 26.8 Å². The van der Waals surface area contributed by atoms with Crippen LogP contribution in [0.15, 0.2) is 47.4 Å². The van der Waals surface area contributed by atoms with Crippen molar-refractivity contribution in [1.29, 1.82) is 0 Å². The van der Waals surface area contributed by atoms with Crippen LogP contribution in [0, 0.1) is 0 Å². The molecule has 158 valence electrons. The number of hydrogen-bond donors (Lipinski definition) is 2. The third-order valence-corrected chi connectivity index (χ3v) is 5.85. The highest BCUT2D eigenvalue weighted by molar-refractivity contribution is 7.90. The first-order valence-electron chi connectivity index (χ1n) is 8.51. The summed E-state index contributed by atoms with van der Waals surface area (Å²) in [4.78, 5) is 11.9. The third kappa shape index (κ3) is 5.63. The number of carbonyl (C=O) groups is 1. The Hall–Kier alpha value is -2.75. The number of amides is 1. The number of halogens is 3. The summed E-state index contributed by atoms with van der Waals surface area (Å²) in [5.74, 6) is -2.06. The molecule has 0 fully saturated rings. The van der Waals surface area contributed by atoms with Crippen LogP contribution in [0.4, 0.5) is 13.2 Å². The predicted octanol–water partition coefficient (Wildman–Crippen LogP) is 4.10. The molecule has 6 nitrogen and oxygen atoms in total. The van der Waals surface area contributed by atoms with Gasteiger partial charge < -0.3 is 9.84 Å². The van der Waals surface area contributed by atoms with Crippen molar-refractivity contribution in [3.63, 3.8) is 0 Å². The van der Waals surface area contributed by atoms with Crippen molar-refractivity contribution in [3.05, 3.63) is 53.6 Å². The summed E-state index contributed by atoms with van der Waals surface area (Å²) in [6, 6.07) is 7.68. The van der Waals surface area contributed by atoms with Crippen LogP contribution in [0.2, 0.25) is 0 Å². The highest BCUT2D eigenvalue weighted by Gasteiger charge is 2.31. The van der Waals surface area contributed by atoms with E-state index in [9.17, 15) is 31.5 Å². The first-order chi connectivity index (χ1) is 13.2. The topological polar surface area (TPSA) is 92.7 Å². The lowest BCUT2D eigenvalue weighted by molar-refractivity contribution is -0.274. The zero-order valence-corrected chi connectivity index (χ0v) is 16.7. The molecular weight excluding hydrogens is 411 g/mol. The first kappa shape index (κ1) is 22.5. The van der Waals surface area contributed by atoms with Gasteiger partial charge in [-0.2, -0.15) is 0 Å². The van der Waals surface area contributed by atoms with Gasteiger partial charge in [-0.25, -0.2) is 13.1 Å². The third-order valence-electron chi connectivity index (χ3n) is 4.50. The molecule has 0 aliphatic heterocycles. The van der Waals surface area contributed by atoms with Gasteiger partial charge in [0, 0.05) is 0 Å². The Morgan fingerprint density at radius 3 is 2.17 bits per heavy atom. The minimum absolute atomic E-state index is 0.249. The number of benzene rings is 2. The molecule has 29 heavy (non-hydrogen) atoms. The van der Waals surface area contributed by atoms with Crippen LogP contribution < -0.4 is 9.46 Å². The van der Waals surface area contributed by atoms with Gasteiger partial charge in [-0.05, 0) is 53.8 Å². The Balaban J connectivity index is 2.21. The van der Waals surface area contributed by atoms with Crippen LogP contribution in [0.1, 0.15) is 43.1 Å². The van der Waals surface area contributed by atoms with Gasteiger partial charge in [0.2, 0.25) is 0 Å². The smallest absolute Gasteiger partial charge is 0.507 e. The molecule has 0 radical (unpaired) electrons.